The summed E-state index contributed by atoms with van der Waals surface area (Å²) in [6, 6.07) is 11.5. The summed E-state index contributed by atoms with van der Waals surface area (Å²) in [6.45, 7) is 0. The summed E-state index contributed by atoms with van der Waals surface area (Å²) in [7, 11) is 1.51. The van der Waals surface area contributed by atoms with E-state index in [0.29, 0.717) is 22.8 Å². The van der Waals surface area contributed by atoms with Crippen molar-refractivity contribution in [3.05, 3.63) is 52.6 Å². The van der Waals surface area contributed by atoms with E-state index in [4.69, 9.17) is 10.5 Å². The second-order valence-corrected chi connectivity index (χ2v) is 3.89. The quantitative estimate of drug-likeness (QED) is 0.500. The summed E-state index contributed by atoms with van der Waals surface area (Å²) in [5, 5.41) is 13.9. The predicted molar refractivity (Wildman–Crippen MR) is 73.8 cm³/mol. The van der Waals surface area contributed by atoms with Gasteiger partial charge in [0, 0.05) is 23.5 Å². The molecule has 2 aromatic carbocycles. The maximum atomic E-state index is 11.0. The summed E-state index contributed by atoms with van der Waals surface area (Å²) in [4.78, 5) is 10.5. The fourth-order valence-corrected chi connectivity index (χ4v) is 1.67. The van der Waals surface area contributed by atoms with E-state index in [9.17, 15) is 10.1 Å². The van der Waals surface area contributed by atoms with Gasteiger partial charge in [-0.05, 0) is 24.3 Å². The van der Waals surface area contributed by atoms with Gasteiger partial charge < -0.3 is 15.8 Å². The van der Waals surface area contributed by atoms with E-state index >= 15 is 0 Å². The number of ether oxygens (including phenoxy) is 1. The minimum absolute atomic E-state index is 0.0248. The van der Waals surface area contributed by atoms with E-state index in [1.165, 1.54) is 13.2 Å². The van der Waals surface area contributed by atoms with Crippen LogP contribution in [0.25, 0.3) is 0 Å². The molecule has 6 heteroatoms. The smallest absolute Gasteiger partial charge is 0.292 e. The van der Waals surface area contributed by atoms with E-state index in [2.05, 4.69) is 5.32 Å². The third-order valence-corrected chi connectivity index (χ3v) is 2.57. The van der Waals surface area contributed by atoms with E-state index in [0.717, 1.165) is 0 Å². The van der Waals surface area contributed by atoms with E-state index in [1.807, 2.05) is 0 Å². The Morgan fingerprint density at radius 1 is 1.26 bits per heavy atom. The number of nitro groups is 1. The summed E-state index contributed by atoms with van der Waals surface area (Å²) in [5.41, 5.74) is 7.26. The molecule has 0 spiro atoms. The minimum Gasteiger partial charge on any atom is -0.497 e. The highest BCUT2D eigenvalue weighted by molar-refractivity contribution is 5.72. The average molecular weight is 259 g/mol. The Morgan fingerprint density at radius 2 is 2.05 bits per heavy atom. The van der Waals surface area contributed by atoms with Gasteiger partial charge in [0.15, 0.2) is 0 Å². The second-order valence-electron chi connectivity index (χ2n) is 3.89. The number of nitrogens with zero attached hydrogens (tertiary/aromatic N) is 1. The largest absolute Gasteiger partial charge is 0.497 e. The number of rotatable bonds is 4. The highest BCUT2D eigenvalue weighted by atomic mass is 16.6. The molecule has 0 aromatic heterocycles. The van der Waals surface area contributed by atoms with Crippen molar-refractivity contribution in [3.8, 4) is 5.75 Å². The Morgan fingerprint density at radius 3 is 2.68 bits per heavy atom. The molecule has 0 bridgehead atoms. The lowest BCUT2D eigenvalue weighted by Gasteiger charge is -2.09. The number of nitro benzene ring substituents is 1. The van der Waals surface area contributed by atoms with Gasteiger partial charge in [0.25, 0.3) is 5.69 Å². The van der Waals surface area contributed by atoms with Crippen molar-refractivity contribution < 1.29 is 9.66 Å². The van der Waals surface area contributed by atoms with Crippen LogP contribution in [0.5, 0.6) is 5.75 Å². The number of anilines is 3. The summed E-state index contributed by atoms with van der Waals surface area (Å²) in [6.07, 6.45) is 0. The Balaban J connectivity index is 2.39. The lowest BCUT2D eigenvalue weighted by atomic mass is 10.2. The number of benzene rings is 2. The lowest BCUT2D eigenvalue weighted by Crippen LogP contribution is -1.98. The van der Waals surface area contributed by atoms with Gasteiger partial charge in [-0.1, -0.05) is 6.07 Å². The second kappa shape index (κ2) is 5.26. The van der Waals surface area contributed by atoms with Crippen LogP contribution in [-0.2, 0) is 0 Å². The van der Waals surface area contributed by atoms with Gasteiger partial charge in [-0.25, -0.2) is 0 Å². The molecule has 0 aliphatic rings. The van der Waals surface area contributed by atoms with Crippen molar-refractivity contribution in [1.29, 1.82) is 0 Å². The molecule has 0 unspecified atom stereocenters. The van der Waals surface area contributed by atoms with E-state index in [1.54, 1.807) is 36.4 Å². The van der Waals surface area contributed by atoms with Gasteiger partial charge in [-0.2, -0.15) is 0 Å². The van der Waals surface area contributed by atoms with Crippen LogP contribution in [0.3, 0.4) is 0 Å². The first kappa shape index (κ1) is 12.7. The third kappa shape index (κ3) is 2.92. The van der Waals surface area contributed by atoms with Crippen LogP contribution >= 0.6 is 0 Å². The molecule has 19 heavy (non-hydrogen) atoms. The van der Waals surface area contributed by atoms with Crippen LogP contribution in [0.1, 0.15) is 0 Å². The molecule has 2 aromatic rings. The topological polar surface area (TPSA) is 90.4 Å². The van der Waals surface area contributed by atoms with Crippen LogP contribution in [0.15, 0.2) is 42.5 Å². The third-order valence-electron chi connectivity index (χ3n) is 2.57. The zero-order valence-electron chi connectivity index (χ0n) is 10.3. The molecule has 0 fully saturated rings. The van der Waals surface area contributed by atoms with E-state index in [-0.39, 0.29) is 5.69 Å². The molecule has 0 heterocycles. The summed E-state index contributed by atoms with van der Waals surface area (Å²) >= 11 is 0. The van der Waals surface area contributed by atoms with Crippen LogP contribution in [0, 0.1) is 10.1 Å². The van der Waals surface area contributed by atoms with Crippen molar-refractivity contribution in [2.24, 2.45) is 0 Å². The molecular weight excluding hydrogens is 246 g/mol. The number of nitrogen functional groups attached to an aromatic ring is 1. The molecule has 2 rings (SSSR count). The van der Waals surface area contributed by atoms with E-state index < -0.39 is 4.92 Å². The molecule has 0 aliphatic heterocycles. The Hall–Kier alpha value is -2.76. The number of hydrogen-bond acceptors (Lipinski definition) is 5. The first-order chi connectivity index (χ1) is 9.10. The molecule has 0 atom stereocenters. The zero-order chi connectivity index (χ0) is 13.8. The van der Waals surface area contributed by atoms with Gasteiger partial charge >= 0.3 is 0 Å². The van der Waals surface area contributed by atoms with Crippen LogP contribution in [0.4, 0.5) is 22.7 Å². The first-order valence-electron chi connectivity index (χ1n) is 5.55. The van der Waals surface area contributed by atoms with Crippen molar-refractivity contribution >= 4 is 22.7 Å². The Kier molecular flexibility index (Phi) is 3.51. The predicted octanol–water partition coefficient (Wildman–Crippen LogP) is 2.93. The van der Waals surface area contributed by atoms with Crippen LogP contribution < -0.4 is 15.8 Å². The maximum absolute atomic E-state index is 11.0. The van der Waals surface area contributed by atoms with Crippen molar-refractivity contribution in [2.45, 2.75) is 0 Å². The normalized spacial score (nSPS) is 9.95. The Bertz CT molecular complexity index is 614. The standard InChI is InChI=1S/C13H13N3O3/c1-19-11-5-6-13(16(17)18)12(8-11)15-10-4-2-3-9(14)7-10/h2-8,15H,14H2,1H3. The first-order valence-corrected chi connectivity index (χ1v) is 5.55. The van der Waals surface area contributed by atoms with Gasteiger partial charge in [-0.3, -0.25) is 10.1 Å². The maximum Gasteiger partial charge on any atom is 0.292 e. The number of nitrogens with one attached hydrogen (secondary N) is 1. The SMILES string of the molecule is COc1ccc([N+](=O)[O-])c(Nc2cccc(N)c2)c1. The molecule has 98 valence electrons. The van der Waals surface area contributed by atoms with Gasteiger partial charge in [-0.15, -0.1) is 0 Å². The van der Waals surface area contributed by atoms with Crippen molar-refractivity contribution in [2.75, 3.05) is 18.2 Å². The fraction of sp³-hybridized carbons (Fsp3) is 0.0769. The zero-order valence-corrected chi connectivity index (χ0v) is 10.3. The number of nitrogens with two attached hydrogens (primary N) is 1. The summed E-state index contributed by atoms with van der Waals surface area (Å²) < 4.78 is 5.06. The van der Waals surface area contributed by atoms with Crippen LogP contribution in [0.2, 0.25) is 0 Å². The summed E-state index contributed by atoms with van der Waals surface area (Å²) in [5.74, 6) is 0.539. The fourth-order valence-electron chi connectivity index (χ4n) is 1.67. The van der Waals surface area contributed by atoms with Crippen LogP contribution in [-0.4, -0.2) is 12.0 Å². The minimum atomic E-state index is -0.450. The molecular formula is C13H13N3O3. The Labute approximate surface area is 110 Å². The lowest BCUT2D eigenvalue weighted by molar-refractivity contribution is -0.383. The molecule has 0 amide bonds. The number of hydrogen-bond donors (Lipinski definition) is 2. The molecule has 0 saturated heterocycles. The van der Waals surface area contributed by atoms with Gasteiger partial charge in [0.05, 0.1) is 12.0 Å². The highest BCUT2D eigenvalue weighted by Gasteiger charge is 2.14. The van der Waals surface area contributed by atoms with Gasteiger partial charge in [0.2, 0.25) is 0 Å². The van der Waals surface area contributed by atoms with Crippen molar-refractivity contribution in [1.82, 2.24) is 0 Å². The molecule has 0 radical (unpaired) electrons. The monoisotopic (exact) mass is 259 g/mol. The molecule has 0 saturated carbocycles. The molecule has 3 N–H and O–H groups in total. The van der Waals surface area contributed by atoms with Crippen molar-refractivity contribution in [3.63, 3.8) is 0 Å². The number of methoxy groups -OCH3 is 1. The average Bonchev–Trinajstić information content (AvgIpc) is 2.38. The highest BCUT2D eigenvalue weighted by Crippen LogP contribution is 2.31. The molecule has 6 nitrogen and oxygen atoms in total. The van der Waals surface area contributed by atoms with Gasteiger partial charge in [0.1, 0.15) is 11.4 Å². The molecule has 0 aliphatic carbocycles.